The molecule has 0 spiro atoms. The van der Waals surface area contributed by atoms with Crippen molar-refractivity contribution >= 4 is 17.3 Å². The van der Waals surface area contributed by atoms with Crippen LogP contribution >= 0.6 is 0 Å². The molecule has 0 aliphatic carbocycles. The molecule has 0 aromatic carbocycles. The second-order valence-corrected chi connectivity index (χ2v) is 4.26. The van der Waals surface area contributed by atoms with Crippen LogP contribution in [0.2, 0.25) is 0 Å². The highest BCUT2D eigenvalue weighted by Crippen LogP contribution is 2.27. The zero-order valence-electron chi connectivity index (χ0n) is 11.4. The van der Waals surface area contributed by atoms with Crippen LogP contribution in [0.25, 0.3) is 0 Å². The van der Waals surface area contributed by atoms with Crippen molar-refractivity contribution in [1.82, 2.24) is 4.98 Å². The third kappa shape index (κ3) is 3.05. The van der Waals surface area contributed by atoms with Gasteiger partial charge in [0.05, 0.1) is 17.7 Å². The largest absolute Gasteiger partial charge is 0.467 e. The number of nitrogens with zero attached hydrogens (tertiary/aromatic N) is 3. The van der Waals surface area contributed by atoms with Crippen LogP contribution in [0.5, 0.6) is 0 Å². The molecule has 2 rings (SSSR count). The van der Waals surface area contributed by atoms with Gasteiger partial charge in [-0.2, -0.15) is 0 Å². The summed E-state index contributed by atoms with van der Waals surface area (Å²) in [5, 5.41) is 14.1. The number of furan rings is 1. The first-order valence-corrected chi connectivity index (χ1v) is 6.24. The van der Waals surface area contributed by atoms with Crippen LogP contribution in [0, 0.1) is 10.1 Å². The third-order valence-electron chi connectivity index (χ3n) is 2.74. The summed E-state index contributed by atoms with van der Waals surface area (Å²) in [5.74, 6) is 1.64. The smallest absolute Gasteiger partial charge is 0.311 e. The normalized spacial score (nSPS) is 10.3. The molecule has 20 heavy (non-hydrogen) atoms. The quantitative estimate of drug-likeness (QED) is 0.645. The lowest BCUT2D eigenvalue weighted by Gasteiger charge is -2.17. The zero-order valence-corrected chi connectivity index (χ0v) is 11.4. The number of nitro groups is 1. The molecule has 0 amide bonds. The maximum absolute atomic E-state index is 11.1. The maximum atomic E-state index is 11.1. The predicted octanol–water partition coefficient (Wildman–Crippen LogP) is 2.65. The molecule has 0 aliphatic rings. The number of hydrogen-bond acceptors (Lipinski definition) is 6. The van der Waals surface area contributed by atoms with Gasteiger partial charge >= 0.3 is 5.69 Å². The lowest BCUT2D eigenvalue weighted by molar-refractivity contribution is -0.384. The van der Waals surface area contributed by atoms with Gasteiger partial charge in [0.25, 0.3) is 0 Å². The minimum atomic E-state index is -0.434. The lowest BCUT2D eigenvalue weighted by Crippen LogP contribution is -2.19. The number of nitrogens with one attached hydrogen (secondary N) is 1. The number of anilines is 2. The topological polar surface area (TPSA) is 84.4 Å². The average molecular weight is 276 g/mol. The monoisotopic (exact) mass is 276 g/mol. The first-order chi connectivity index (χ1) is 9.61. The Labute approximate surface area is 116 Å². The fraction of sp³-hybridized carbons (Fsp3) is 0.308. The van der Waals surface area contributed by atoms with Crippen molar-refractivity contribution in [1.29, 1.82) is 0 Å². The Kier molecular flexibility index (Phi) is 4.19. The van der Waals surface area contributed by atoms with Crippen molar-refractivity contribution in [2.45, 2.75) is 13.5 Å². The van der Waals surface area contributed by atoms with E-state index in [-0.39, 0.29) is 5.69 Å². The van der Waals surface area contributed by atoms with Crippen LogP contribution in [0.3, 0.4) is 0 Å². The summed E-state index contributed by atoms with van der Waals surface area (Å²) >= 11 is 0. The van der Waals surface area contributed by atoms with Crippen molar-refractivity contribution in [2.24, 2.45) is 0 Å². The predicted molar refractivity (Wildman–Crippen MR) is 75.9 cm³/mol. The minimum absolute atomic E-state index is 0.0271. The Balaban J connectivity index is 2.30. The van der Waals surface area contributed by atoms with Gasteiger partial charge in [-0.05, 0) is 25.1 Å². The Bertz CT molecular complexity index is 583. The van der Waals surface area contributed by atoms with Gasteiger partial charge in [-0.3, -0.25) is 10.1 Å². The molecule has 0 aliphatic heterocycles. The Hall–Kier alpha value is -2.57. The van der Waals surface area contributed by atoms with Gasteiger partial charge in [0.15, 0.2) is 0 Å². The summed E-state index contributed by atoms with van der Waals surface area (Å²) in [6.07, 6.45) is 1.57. The molecule has 0 radical (unpaired) electrons. The van der Waals surface area contributed by atoms with E-state index in [1.54, 1.807) is 30.3 Å². The molecule has 7 nitrogen and oxygen atoms in total. The van der Waals surface area contributed by atoms with Crippen LogP contribution in [0.15, 0.2) is 34.9 Å². The first kappa shape index (κ1) is 13.9. The number of aromatic nitrogens is 1. The summed E-state index contributed by atoms with van der Waals surface area (Å²) in [6, 6.07) is 6.65. The van der Waals surface area contributed by atoms with Crippen molar-refractivity contribution < 1.29 is 9.34 Å². The molecule has 2 heterocycles. The molecule has 0 saturated heterocycles. The molecule has 2 aromatic heterocycles. The highest BCUT2D eigenvalue weighted by Gasteiger charge is 2.20. The van der Waals surface area contributed by atoms with E-state index in [4.69, 9.17) is 4.42 Å². The second kappa shape index (κ2) is 6.05. The van der Waals surface area contributed by atoms with E-state index >= 15 is 0 Å². The van der Waals surface area contributed by atoms with Gasteiger partial charge in [0.1, 0.15) is 11.6 Å². The SMILES string of the molecule is CCNc1ccc([N+](=O)[O-])c(N(C)Cc2ccco2)n1. The van der Waals surface area contributed by atoms with Crippen molar-refractivity contribution in [3.63, 3.8) is 0 Å². The number of hydrogen-bond donors (Lipinski definition) is 1. The Morgan fingerprint density at radius 1 is 1.45 bits per heavy atom. The van der Waals surface area contributed by atoms with E-state index in [1.165, 1.54) is 6.07 Å². The molecule has 0 fully saturated rings. The van der Waals surface area contributed by atoms with E-state index < -0.39 is 4.92 Å². The average Bonchev–Trinajstić information content (AvgIpc) is 2.91. The van der Waals surface area contributed by atoms with Crippen molar-refractivity contribution in [3.8, 4) is 0 Å². The van der Waals surface area contributed by atoms with E-state index in [0.29, 0.717) is 24.7 Å². The first-order valence-electron chi connectivity index (χ1n) is 6.24. The molecule has 7 heteroatoms. The van der Waals surface area contributed by atoms with Gasteiger partial charge < -0.3 is 14.6 Å². The van der Waals surface area contributed by atoms with E-state index in [0.717, 1.165) is 5.76 Å². The Morgan fingerprint density at radius 3 is 2.85 bits per heavy atom. The lowest BCUT2D eigenvalue weighted by atomic mass is 10.3. The van der Waals surface area contributed by atoms with Crippen molar-refractivity contribution in [3.05, 3.63) is 46.4 Å². The molecule has 106 valence electrons. The summed E-state index contributed by atoms with van der Waals surface area (Å²) in [6.45, 7) is 3.05. The summed E-state index contributed by atoms with van der Waals surface area (Å²) < 4.78 is 5.25. The summed E-state index contributed by atoms with van der Waals surface area (Å²) in [5.41, 5.74) is -0.0271. The van der Waals surface area contributed by atoms with E-state index in [9.17, 15) is 10.1 Å². The molecule has 0 unspecified atom stereocenters. The molecule has 1 N–H and O–H groups in total. The van der Waals surface area contributed by atoms with Crippen molar-refractivity contribution in [2.75, 3.05) is 23.8 Å². The van der Waals surface area contributed by atoms with E-state index in [1.807, 2.05) is 13.0 Å². The van der Waals surface area contributed by atoms with Gasteiger partial charge in [0.2, 0.25) is 5.82 Å². The van der Waals surface area contributed by atoms with E-state index in [2.05, 4.69) is 10.3 Å². The minimum Gasteiger partial charge on any atom is -0.467 e. The summed E-state index contributed by atoms with van der Waals surface area (Å²) in [4.78, 5) is 16.6. The zero-order chi connectivity index (χ0) is 14.5. The fourth-order valence-electron chi connectivity index (χ4n) is 1.86. The van der Waals surface area contributed by atoms with Crippen LogP contribution in [0.4, 0.5) is 17.3 Å². The van der Waals surface area contributed by atoms with Gasteiger partial charge in [-0.25, -0.2) is 4.98 Å². The summed E-state index contributed by atoms with van der Waals surface area (Å²) in [7, 11) is 1.74. The highest BCUT2D eigenvalue weighted by molar-refractivity contribution is 5.61. The molecule has 2 aromatic rings. The molecule has 0 saturated carbocycles. The molecule has 0 bridgehead atoms. The van der Waals surface area contributed by atoms with Gasteiger partial charge in [-0.1, -0.05) is 0 Å². The molecule has 0 atom stereocenters. The number of pyridine rings is 1. The van der Waals surface area contributed by atoms with Gasteiger partial charge in [-0.15, -0.1) is 0 Å². The highest BCUT2D eigenvalue weighted by atomic mass is 16.6. The third-order valence-corrected chi connectivity index (χ3v) is 2.74. The van der Waals surface area contributed by atoms with Crippen LogP contribution < -0.4 is 10.2 Å². The second-order valence-electron chi connectivity index (χ2n) is 4.26. The molecular formula is C13H16N4O3. The molecular weight excluding hydrogens is 260 g/mol. The Morgan fingerprint density at radius 2 is 2.25 bits per heavy atom. The van der Waals surface area contributed by atoms with Crippen LogP contribution in [0.1, 0.15) is 12.7 Å². The van der Waals surface area contributed by atoms with Gasteiger partial charge in [0, 0.05) is 19.7 Å². The fourth-order valence-corrected chi connectivity index (χ4v) is 1.86. The number of rotatable bonds is 6. The van der Waals surface area contributed by atoms with Crippen LogP contribution in [-0.4, -0.2) is 23.5 Å². The standard InChI is InChI=1S/C13H16N4O3/c1-3-14-12-7-6-11(17(18)19)13(15-12)16(2)9-10-5-4-8-20-10/h4-8H,3,9H2,1-2H3,(H,14,15). The maximum Gasteiger partial charge on any atom is 0.311 e. The van der Waals surface area contributed by atoms with Crippen LogP contribution in [-0.2, 0) is 6.54 Å².